The van der Waals surface area contributed by atoms with Crippen LogP contribution in [0.4, 0.5) is 0 Å². The summed E-state index contributed by atoms with van der Waals surface area (Å²) in [5.74, 6) is 0.154. The molecular formula is C11H11ClN4O3S. The second-order valence-electron chi connectivity index (χ2n) is 3.63. The van der Waals surface area contributed by atoms with Crippen molar-refractivity contribution in [1.82, 2.24) is 20.2 Å². The highest BCUT2D eigenvalue weighted by Gasteiger charge is 2.16. The van der Waals surface area contributed by atoms with Gasteiger partial charge >= 0.3 is 11.9 Å². The van der Waals surface area contributed by atoms with Crippen molar-refractivity contribution in [2.75, 3.05) is 6.61 Å². The maximum absolute atomic E-state index is 11.4. The third kappa shape index (κ3) is 3.91. The van der Waals surface area contributed by atoms with Crippen LogP contribution in [0.25, 0.3) is 0 Å². The van der Waals surface area contributed by atoms with Crippen molar-refractivity contribution in [2.45, 2.75) is 24.8 Å². The molecule has 0 saturated heterocycles. The lowest BCUT2D eigenvalue weighted by Gasteiger charge is -1.99. The number of thioether (sulfide) groups is 1. The fourth-order valence-corrected chi connectivity index (χ4v) is 2.20. The zero-order valence-electron chi connectivity index (χ0n) is 10.8. The Kier molecular flexibility index (Phi) is 4.91. The highest BCUT2D eigenvalue weighted by Crippen LogP contribution is 2.21. The Hall–Kier alpha value is -1.67. The molecule has 0 atom stereocenters. The van der Waals surface area contributed by atoms with Crippen LogP contribution in [0.3, 0.4) is 0 Å². The second kappa shape index (κ2) is 6.67. The molecule has 0 aromatic carbocycles. The molecule has 106 valence electrons. The number of hydrogen-bond donors (Lipinski definition) is 0. The summed E-state index contributed by atoms with van der Waals surface area (Å²) in [5, 5.41) is 7.96. The van der Waals surface area contributed by atoms with Gasteiger partial charge in [-0.15, -0.1) is 5.10 Å². The molecule has 0 spiro atoms. The van der Waals surface area contributed by atoms with E-state index >= 15 is 0 Å². The summed E-state index contributed by atoms with van der Waals surface area (Å²) >= 11 is 7.05. The normalized spacial score (nSPS) is 10.6. The third-order valence-corrected chi connectivity index (χ3v) is 3.06. The first-order chi connectivity index (χ1) is 9.58. The molecule has 0 radical (unpaired) electrons. The summed E-state index contributed by atoms with van der Waals surface area (Å²) in [7, 11) is 0. The monoisotopic (exact) mass is 314 g/mol. The largest absolute Gasteiger partial charge is 0.459 e. The van der Waals surface area contributed by atoms with E-state index < -0.39 is 5.97 Å². The minimum atomic E-state index is -0.637. The van der Waals surface area contributed by atoms with Gasteiger partial charge in [0.05, 0.1) is 12.4 Å². The van der Waals surface area contributed by atoms with Crippen LogP contribution in [-0.2, 0) is 10.5 Å². The van der Waals surface area contributed by atoms with Crippen LogP contribution in [0.1, 0.15) is 29.1 Å². The van der Waals surface area contributed by atoms with Crippen molar-refractivity contribution in [3.05, 3.63) is 28.6 Å². The maximum atomic E-state index is 11.4. The van der Waals surface area contributed by atoms with Crippen molar-refractivity contribution in [2.24, 2.45) is 0 Å². The molecule has 2 aromatic heterocycles. The van der Waals surface area contributed by atoms with Crippen LogP contribution in [0, 0.1) is 6.92 Å². The molecule has 0 amide bonds. The van der Waals surface area contributed by atoms with Crippen LogP contribution in [0.5, 0.6) is 0 Å². The molecule has 0 N–H and O–H groups in total. The Bertz CT molecular complexity index is 599. The molecule has 0 unspecified atom stereocenters. The first kappa shape index (κ1) is 14.7. The highest BCUT2D eigenvalue weighted by atomic mass is 35.5. The van der Waals surface area contributed by atoms with Crippen molar-refractivity contribution < 1.29 is 13.9 Å². The predicted molar refractivity (Wildman–Crippen MR) is 71.6 cm³/mol. The molecular weight excluding hydrogens is 304 g/mol. The molecule has 0 bridgehead atoms. The first-order valence-electron chi connectivity index (χ1n) is 5.72. The lowest BCUT2D eigenvalue weighted by atomic mass is 10.4. The van der Waals surface area contributed by atoms with Crippen molar-refractivity contribution >= 4 is 29.3 Å². The lowest BCUT2D eigenvalue weighted by molar-refractivity contribution is 0.0475. The van der Waals surface area contributed by atoms with E-state index in [0.29, 0.717) is 16.7 Å². The van der Waals surface area contributed by atoms with Crippen molar-refractivity contribution in [1.29, 1.82) is 0 Å². The molecule has 0 aliphatic carbocycles. The smallest absolute Gasteiger partial charge is 0.396 e. The van der Waals surface area contributed by atoms with E-state index in [1.54, 1.807) is 13.0 Å². The lowest BCUT2D eigenvalue weighted by Crippen LogP contribution is -2.04. The van der Waals surface area contributed by atoms with Gasteiger partial charge in [-0.25, -0.2) is 14.8 Å². The van der Waals surface area contributed by atoms with Crippen LogP contribution < -0.4 is 0 Å². The molecule has 0 aliphatic rings. The van der Waals surface area contributed by atoms with Crippen LogP contribution in [-0.4, -0.2) is 32.7 Å². The average Bonchev–Trinajstić information content (AvgIpc) is 2.84. The van der Waals surface area contributed by atoms with E-state index in [1.807, 2.05) is 6.92 Å². The number of aryl methyl sites for hydroxylation is 1. The molecule has 0 fully saturated rings. The predicted octanol–water partition coefficient (Wildman–Crippen LogP) is 2.29. The summed E-state index contributed by atoms with van der Waals surface area (Å²) in [5.41, 5.74) is 0.776. The molecule has 20 heavy (non-hydrogen) atoms. The van der Waals surface area contributed by atoms with Crippen molar-refractivity contribution in [3.63, 3.8) is 0 Å². The topological polar surface area (TPSA) is 91.0 Å². The Labute approximate surface area is 124 Å². The van der Waals surface area contributed by atoms with Gasteiger partial charge in [0.1, 0.15) is 11.0 Å². The molecule has 0 aliphatic heterocycles. The number of nitrogens with zero attached hydrogens (tertiary/aromatic N) is 4. The number of carbonyl (C=O) groups is 1. The van der Waals surface area contributed by atoms with E-state index in [1.165, 1.54) is 11.8 Å². The van der Waals surface area contributed by atoms with E-state index in [-0.39, 0.29) is 17.7 Å². The number of hydrogen-bond acceptors (Lipinski definition) is 8. The number of rotatable bonds is 5. The number of esters is 1. The van der Waals surface area contributed by atoms with Gasteiger partial charge in [-0.3, -0.25) is 0 Å². The van der Waals surface area contributed by atoms with E-state index in [9.17, 15) is 4.79 Å². The summed E-state index contributed by atoms with van der Waals surface area (Å²) < 4.78 is 9.91. The minimum absolute atomic E-state index is 0.169. The van der Waals surface area contributed by atoms with Gasteiger partial charge in [-0.2, -0.15) is 0 Å². The Morgan fingerprint density at radius 1 is 1.45 bits per heavy atom. The zero-order valence-corrected chi connectivity index (χ0v) is 12.4. The fourth-order valence-electron chi connectivity index (χ4n) is 1.32. The molecule has 2 rings (SSSR count). The summed E-state index contributed by atoms with van der Waals surface area (Å²) in [6, 6.07) is 1.67. The number of aromatic nitrogens is 4. The van der Waals surface area contributed by atoms with Crippen molar-refractivity contribution in [3.8, 4) is 0 Å². The summed E-state index contributed by atoms with van der Waals surface area (Å²) in [4.78, 5) is 19.6. The van der Waals surface area contributed by atoms with Crippen LogP contribution >= 0.6 is 23.4 Å². The number of carbonyl (C=O) groups excluding carboxylic acids is 1. The molecule has 9 heteroatoms. The minimum Gasteiger partial charge on any atom is -0.459 e. The zero-order chi connectivity index (χ0) is 14.5. The third-order valence-electron chi connectivity index (χ3n) is 2.05. The van der Waals surface area contributed by atoms with Gasteiger partial charge in [0.25, 0.3) is 5.22 Å². The quantitative estimate of drug-likeness (QED) is 0.471. The molecule has 2 heterocycles. The van der Waals surface area contributed by atoms with E-state index in [2.05, 4.69) is 20.2 Å². The Morgan fingerprint density at radius 3 is 2.95 bits per heavy atom. The SMILES string of the molecule is CCOC(=O)c1nnc(SCc2nc(C)cc(Cl)n2)o1. The number of ether oxygens (including phenoxy) is 1. The molecule has 0 saturated carbocycles. The van der Waals surface area contributed by atoms with E-state index in [0.717, 1.165) is 5.69 Å². The first-order valence-corrected chi connectivity index (χ1v) is 7.08. The summed E-state index contributed by atoms with van der Waals surface area (Å²) in [6.45, 7) is 3.77. The fraction of sp³-hybridized carbons (Fsp3) is 0.364. The standard InChI is InChI=1S/C11H11ClN4O3S/c1-3-18-10(17)9-15-16-11(19-9)20-5-8-13-6(2)4-7(12)14-8/h4H,3,5H2,1-2H3. The van der Waals surface area contributed by atoms with Crippen LogP contribution in [0.2, 0.25) is 5.15 Å². The average molecular weight is 315 g/mol. The molecule has 7 nitrogen and oxygen atoms in total. The van der Waals surface area contributed by atoms with E-state index in [4.69, 9.17) is 20.8 Å². The van der Waals surface area contributed by atoms with Gasteiger partial charge < -0.3 is 9.15 Å². The van der Waals surface area contributed by atoms with Gasteiger partial charge in [-0.05, 0) is 19.9 Å². The highest BCUT2D eigenvalue weighted by molar-refractivity contribution is 7.98. The maximum Gasteiger partial charge on any atom is 0.396 e. The Morgan fingerprint density at radius 2 is 2.25 bits per heavy atom. The molecule has 2 aromatic rings. The number of halogens is 1. The van der Waals surface area contributed by atoms with Crippen LogP contribution in [0.15, 0.2) is 15.7 Å². The van der Waals surface area contributed by atoms with Gasteiger partial charge in [-0.1, -0.05) is 28.5 Å². The second-order valence-corrected chi connectivity index (χ2v) is 4.94. The Balaban J connectivity index is 1.99. The van der Waals surface area contributed by atoms with Gasteiger partial charge in [0.15, 0.2) is 0 Å². The summed E-state index contributed by atoms with van der Waals surface area (Å²) in [6.07, 6.45) is 0. The van der Waals surface area contributed by atoms with Gasteiger partial charge in [0, 0.05) is 5.69 Å². The van der Waals surface area contributed by atoms with Gasteiger partial charge in [0.2, 0.25) is 0 Å².